The second-order valence-corrected chi connectivity index (χ2v) is 5.52. The summed E-state index contributed by atoms with van der Waals surface area (Å²) < 4.78 is 23.4. The molecule has 0 atom stereocenters. The lowest BCUT2D eigenvalue weighted by Gasteiger charge is -2.07. The molecule has 2 aromatic carbocycles. The van der Waals surface area contributed by atoms with Crippen molar-refractivity contribution in [3.8, 4) is 11.5 Å². The maximum Gasteiger partial charge on any atom is 0.233 e. The van der Waals surface area contributed by atoms with Gasteiger partial charge in [-0.1, -0.05) is 18.2 Å². The largest absolute Gasteiger partial charge is 0.454 e. The molecule has 0 saturated carbocycles. The minimum absolute atomic E-state index is 0.0714. The fraction of sp³-hybridized carbons (Fsp3) is 0.278. The summed E-state index contributed by atoms with van der Waals surface area (Å²) in [5.41, 5.74) is 2.02. The number of halogens is 1. The van der Waals surface area contributed by atoms with Crippen LogP contribution in [0.4, 0.5) is 4.39 Å². The molecule has 126 valence electrons. The molecule has 1 heterocycles. The van der Waals surface area contributed by atoms with Crippen molar-refractivity contribution in [3.63, 3.8) is 0 Å². The Bertz CT molecular complexity index is 704. The van der Waals surface area contributed by atoms with Gasteiger partial charge in [-0.2, -0.15) is 0 Å². The van der Waals surface area contributed by atoms with Gasteiger partial charge in [-0.05, 0) is 41.8 Å². The number of rotatable bonds is 7. The molecular weight excluding hydrogens is 311 g/mol. The Morgan fingerprint density at radius 2 is 1.79 bits per heavy atom. The molecule has 1 aliphatic heterocycles. The monoisotopic (exact) mass is 330 g/mol. The van der Waals surface area contributed by atoms with Crippen LogP contribution >= 0.6 is 0 Å². The van der Waals surface area contributed by atoms with Gasteiger partial charge in [0.05, 0.1) is 6.54 Å². The van der Waals surface area contributed by atoms with Gasteiger partial charge in [0.15, 0.2) is 11.5 Å². The zero-order chi connectivity index (χ0) is 16.8. The van der Waals surface area contributed by atoms with Crippen LogP contribution in [-0.4, -0.2) is 25.8 Å². The highest BCUT2D eigenvalue weighted by Crippen LogP contribution is 2.32. The highest BCUT2D eigenvalue weighted by Gasteiger charge is 2.13. The van der Waals surface area contributed by atoms with E-state index in [1.54, 1.807) is 12.1 Å². The lowest BCUT2D eigenvalue weighted by Crippen LogP contribution is -2.34. The van der Waals surface area contributed by atoms with E-state index in [2.05, 4.69) is 10.6 Å². The minimum atomic E-state index is -0.254. The molecule has 0 saturated heterocycles. The fourth-order valence-corrected chi connectivity index (χ4v) is 2.43. The Morgan fingerprint density at radius 3 is 2.62 bits per heavy atom. The molecule has 0 aromatic heterocycles. The van der Waals surface area contributed by atoms with E-state index in [0.29, 0.717) is 19.5 Å². The number of carbonyl (C=O) groups excluding carboxylic acids is 1. The first kappa shape index (κ1) is 16.3. The van der Waals surface area contributed by atoms with Crippen LogP contribution in [0.15, 0.2) is 42.5 Å². The van der Waals surface area contributed by atoms with Crippen molar-refractivity contribution in [2.75, 3.05) is 19.9 Å². The van der Waals surface area contributed by atoms with Gasteiger partial charge in [0.25, 0.3) is 0 Å². The summed E-state index contributed by atoms with van der Waals surface area (Å²) >= 11 is 0. The summed E-state index contributed by atoms with van der Waals surface area (Å²) in [5, 5.41) is 5.92. The summed E-state index contributed by atoms with van der Waals surface area (Å²) in [6.07, 6.45) is 0.675. The number of carbonyl (C=O) groups is 1. The third-order valence-corrected chi connectivity index (χ3v) is 3.70. The van der Waals surface area contributed by atoms with Crippen molar-refractivity contribution in [3.05, 3.63) is 59.4 Å². The average Bonchev–Trinajstić information content (AvgIpc) is 3.04. The zero-order valence-electron chi connectivity index (χ0n) is 13.2. The molecule has 3 rings (SSSR count). The summed E-state index contributed by atoms with van der Waals surface area (Å²) in [4.78, 5) is 11.8. The highest BCUT2D eigenvalue weighted by atomic mass is 19.1. The van der Waals surface area contributed by atoms with Gasteiger partial charge in [-0.15, -0.1) is 0 Å². The van der Waals surface area contributed by atoms with Crippen LogP contribution < -0.4 is 20.1 Å². The number of benzene rings is 2. The van der Waals surface area contributed by atoms with Gasteiger partial charge in [0.1, 0.15) is 5.82 Å². The molecule has 0 spiro atoms. The van der Waals surface area contributed by atoms with E-state index in [4.69, 9.17) is 9.47 Å². The van der Waals surface area contributed by atoms with Crippen LogP contribution in [0.25, 0.3) is 0 Å². The SMILES string of the molecule is O=C(CNCc1ccc2c(c1)OCO2)NCCc1ccc(F)cc1. The number of hydrogen-bond acceptors (Lipinski definition) is 4. The smallest absolute Gasteiger partial charge is 0.233 e. The quantitative estimate of drug-likeness (QED) is 0.815. The van der Waals surface area contributed by atoms with Crippen LogP contribution in [-0.2, 0) is 17.8 Å². The summed E-state index contributed by atoms with van der Waals surface area (Å²) in [5.74, 6) is 1.16. The molecule has 24 heavy (non-hydrogen) atoms. The van der Waals surface area contributed by atoms with Crippen molar-refractivity contribution >= 4 is 5.91 Å². The first-order valence-electron chi connectivity index (χ1n) is 7.81. The number of hydrogen-bond donors (Lipinski definition) is 2. The molecule has 1 amide bonds. The molecule has 2 aromatic rings. The maximum absolute atomic E-state index is 12.8. The van der Waals surface area contributed by atoms with Crippen LogP contribution in [0.5, 0.6) is 11.5 Å². The van der Waals surface area contributed by atoms with E-state index < -0.39 is 0 Å². The van der Waals surface area contributed by atoms with E-state index in [0.717, 1.165) is 22.6 Å². The van der Waals surface area contributed by atoms with Crippen molar-refractivity contribution in [1.29, 1.82) is 0 Å². The Labute approximate surface area is 139 Å². The Morgan fingerprint density at radius 1 is 1.04 bits per heavy atom. The van der Waals surface area contributed by atoms with Crippen molar-refractivity contribution in [1.82, 2.24) is 10.6 Å². The van der Waals surface area contributed by atoms with E-state index in [1.165, 1.54) is 12.1 Å². The summed E-state index contributed by atoms with van der Waals surface area (Å²) in [6.45, 7) is 1.58. The first-order valence-corrected chi connectivity index (χ1v) is 7.81. The van der Waals surface area contributed by atoms with Crippen molar-refractivity contribution in [2.45, 2.75) is 13.0 Å². The minimum Gasteiger partial charge on any atom is -0.454 e. The number of amides is 1. The lowest BCUT2D eigenvalue weighted by atomic mass is 10.1. The molecular formula is C18H19FN2O3. The van der Waals surface area contributed by atoms with Crippen LogP contribution in [0.2, 0.25) is 0 Å². The molecule has 6 heteroatoms. The molecule has 0 radical (unpaired) electrons. The molecule has 1 aliphatic rings. The third-order valence-electron chi connectivity index (χ3n) is 3.70. The standard InChI is InChI=1S/C18H19FN2O3/c19-15-4-1-13(2-5-15)7-8-21-18(22)11-20-10-14-3-6-16-17(9-14)24-12-23-16/h1-6,9,20H,7-8,10-12H2,(H,21,22). The number of ether oxygens (including phenoxy) is 2. The van der Waals surface area contributed by atoms with E-state index in [9.17, 15) is 9.18 Å². The fourth-order valence-electron chi connectivity index (χ4n) is 2.43. The van der Waals surface area contributed by atoms with Crippen molar-refractivity contribution < 1.29 is 18.7 Å². The maximum atomic E-state index is 12.8. The molecule has 2 N–H and O–H groups in total. The van der Waals surface area contributed by atoms with Gasteiger partial charge in [0, 0.05) is 13.1 Å². The lowest BCUT2D eigenvalue weighted by molar-refractivity contribution is -0.120. The Hall–Kier alpha value is -2.60. The molecule has 0 fully saturated rings. The van der Waals surface area contributed by atoms with Gasteiger partial charge in [-0.25, -0.2) is 4.39 Å². The van der Waals surface area contributed by atoms with E-state index >= 15 is 0 Å². The summed E-state index contributed by atoms with van der Waals surface area (Å²) in [7, 11) is 0. The van der Waals surface area contributed by atoms with E-state index in [-0.39, 0.29) is 25.1 Å². The van der Waals surface area contributed by atoms with Crippen LogP contribution in [0.1, 0.15) is 11.1 Å². The zero-order valence-corrected chi connectivity index (χ0v) is 13.2. The second-order valence-electron chi connectivity index (χ2n) is 5.52. The van der Waals surface area contributed by atoms with Crippen molar-refractivity contribution in [2.24, 2.45) is 0 Å². The number of nitrogens with one attached hydrogen (secondary N) is 2. The van der Waals surface area contributed by atoms with Gasteiger partial charge in [0.2, 0.25) is 12.7 Å². The molecule has 0 bridgehead atoms. The Balaban J connectivity index is 1.34. The summed E-state index contributed by atoms with van der Waals surface area (Å²) in [6, 6.07) is 12.0. The van der Waals surface area contributed by atoms with E-state index in [1.807, 2.05) is 18.2 Å². The number of fused-ring (bicyclic) bond motifs is 1. The molecule has 0 unspecified atom stereocenters. The van der Waals surface area contributed by atoms with Crippen LogP contribution in [0, 0.1) is 5.82 Å². The topological polar surface area (TPSA) is 59.6 Å². The van der Waals surface area contributed by atoms with Crippen LogP contribution in [0.3, 0.4) is 0 Å². The third kappa shape index (κ3) is 4.45. The Kier molecular flexibility index (Phi) is 5.28. The normalized spacial score (nSPS) is 12.2. The highest BCUT2D eigenvalue weighted by molar-refractivity contribution is 5.77. The van der Waals surface area contributed by atoms with Gasteiger partial charge < -0.3 is 20.1 Å². The molecule has 5 nitrogen and oxygen atoms in total. The predicted molar refractivity (Wildman–Crippen MR) is 87.4 cm³/mol. The predicted octanol–water partition coefficient (Wildman–Crippen LogP) is 2.00. The molecule has 0 aliphatic carbocycles. The average molecular weight is 330 g/mol. The van der Waals surface area contributed by atoms with Gasteiger partial charge >= 0.3 is 0 Å². The first-order chi connectivity index (χ1) is 11.7. The second kappa shape index (κ2) is 7.79. The van der Waals surface area contributed by atoms with Gasteiger partial charge in [-0.3, -0.25) is 4.79 Å².